The van der Waals surface area contributed by atoms with Crippen molar-refractivity contribution in [2.75, 3.05) is 6.67 Å². The second-order valence-corrected chi connectivity index (χ2v) is 3.79. The lowest BCUT2D eigenvalue weighted by Crippen LogP contribution is -2.13. The van der Waals surface area contributed by atoms with E-state index in [1.54, 1.807) is 0 Å². The maximum Gasteiger partial charge on any atom is 0.416 e. The largest absolute Gasteiger partial charge is 0.416 e. The molecule has 0 amide bonds. The van der Waals surface area contributed by atoms with Gasteiger partial charge in [0.1, 0.15) is 0 Å². The van der Waals surface area contributed by atoms with Gasteiger partial charge in [0, 0.05) is 11.1 Å². The van der Waals surface area contributed by atoms with Crippen LogP contribution in [0.3, 0.4) is 0 Å². The van der Waals surface area contributed by atoms with E-state index in [9.17, 15) is 17.6 Å². The van der Waals surface area contributed by atoms with Crippen molar-refractivity contribution in [2.24, 2.45) is 5.73 Å². The lowest BCUT2D eigenvalue weighted by molar-refractivity contribution is -0.137. The summed E-state index contributed by atoms with van der Waals surface area (Å²) in [5.74, 6) is 0. The predicted octanol–water partition coefficient (Wildman–Crippen LogP) is 3.72. The Hall–Kier alpha value is -0.810. The molecule has 1 aromatic rings. The molecule has 0 spiro atoms. The fourth-order valence-corrected chi connectivity index (χ4v) is 1.52. The molecule has 90 valence electrons. The van der Waals surface area contributed by atoms with Crippen molar-refractivity contribution in [2.45, 2.75) is 18.6 Å². The summed E-state index contributed by atoms with van der Waals surface area (Å²) >= 11 is 5.55. The molecule has 0 aliphatic rings. The molecule has 16 heavy (non-hydrogen) atoms. The Bertz CT molecular complexity index is 364. The van der Waals surface area contributed by atoms with E-state index in [-0.39, 0.29) is 17.0 Å². The fraction of sp³-hybridized carbons (Fsp3) is 0.400. The quantitative estimate of drug-likeness (QED) is 0.819. The van der Waals surface area contributed by atoms with Gasteiger partial charge in [-0.2, -0.15) is 13.2 Å². The van der Waals surface area contributed by atoms with Gasteiger partial charge < -0.3 is 5.73 Å². The van der Waals surface area contributed by atoms with E-state index >= 15 is 0 Å². The molecule has 1 aromatic carbocycles. The van der Waals surface area contributed by atoms with Crippen molar-refractivity contribution in [3.8, 4) is 0 Å². The molecular weight excluding hydrogens is 246 g/mol. The molecule has 0 radical (unpaired) electrons. The lowest BCUT2D eigenvalue weighted by Gasteiger charge is -2.14. The molecular formula is C10H10ClF4N. The molecule has 0 heterocycles. The summed E-state index contributed by atoms with van der Waals surface area (Å²) < 4.78 is 49.3. The van der Waals surface area contributed by atoms with E-state index in [0.717, 1.165) is 12.1 Å². The highest BCUT2D eigenvalue weighted by Crippen LogP contribution is 2.33. The topological polar surface area (TPSA) is 26.0 Å². The summed E-state index contributed by atoms with van der Waals surface area (Å²) in [5.41, 5.74) is 4.84. The van der Waals surface area contributed by atoms with E-state index < -0.39 is 24.5 Å². The van der Waals surface area contributed by atoms with Crippen LogP contribution in [-0.4, -0.2) is 6.67 Å². The van der Waals surface area contributed by atoms with Crippen molar-refractivity contribution in [1.29, 1.82) is 0 Å². The number of nitrogens with two attached hydrogens (primary N) is 1. The van der Waals surface area contributed by atoms with Gasteiger partial charge in [0.25, 0.3) is 0 Å². The molecule has 1 rings (SSSR count). The highest BCUT2D eigenvalue weighted by molar-refractivity contribution is 6.30. The van der Waals surface area contributed by atoms with Crippen LogP contribution in [0.5, 0.6) is 0 Å². The Labute approximate surface area is 95.2 Å². The zero-order valence-electron chi connectivity index (χ0n) is 8.19. The molecule has 0 bridgehead atoms. The molecule has 1 nitrogen and oxygen atoms in total. The Kier molecular flexibility index (Phi) is 4.15. The minimum absolute atomic E-state index is 0.0301. The molecule has 0 unspecified atom stereocenters. The first-order chi connectivity index (χ1) is 7.34. The summed E-state index contributed by atoms with van der Waals surface area (Å²) in [5, 5.41) is -0.0564. The van der Waals surface area contributed by atoms with Gasteiger partial charge in [-0.05, 0) is 30.2 Å². The smallest absolute Gasteiger partial charge is 0.324 e. The maximum absolute atomic E-state index is 12.4. The van der Waals surface area contributed by atoms with E-state index in [0.29, 0.717) is 0 Å². The SMILES string of the molecule is N[C@@H](CCF)c1cc(Cl)cc(C(F)(F)F)c1. The third kappa shape index (κ3) is 3.35. The standard InChI is InChI=1S/C10H10ClF4N/c11-8-4-6(9(16)1-2-12)3-7(5-8)10(13,14)15/h3-5,9H,1-2,16H2/t9-/m0/s1. The van der Waals surface area contributed by atoms with Crippen molar-refractivity contribution in [3.63, 3.8) is 0 Å². The monoisotopic (exact) mass is 255 g/mol. The van der Waals surface area contributed by atoms with Crippen molar-refractivity contribution >= 4 is 11.6 Å². The van der Waals surface area contributed by atoms with Gasteiger partial charge in [0.05, 0.1) is 12.2 Å². The van der Waals surface area contributed by atoms with Crippen LogP contribution in [-0.2, 0) is 6.18 Å². The minimum atomic E-state index is -4.48. The van der Waals surface area contributed by atoms with E-state index in [4.69, 9.17) is 17.3 Å². The first kappa shape index (κ1) is 13.3. The van der Waals surface area contributed by atoms with Crippen LogP contribution in [0.25, 0.3) is 0 Å². The lowest BCUT2D eigenvalue weighted by atomic mass is 10.0. The molecule has 6 heteroatoms. The second-order valence-electron chi connectivity index (χ2n) is 3.36. The number of benzene rings is 1. The fourth-order valence-electron chi connectivity index (χ4n) is 1.27. The maximum atomic E-state index is 12.4. The van der Waals surface area contributed by atoms with Crippen LogP contribution in [0.15, 0.2) is 18.2 Å². The van der Waals surface area contributed by atoms with Gasteiger partial charge in [0.2, 0.25) is 0 Å². The number of hydrogen-bond acceptors (Lipinski definition) is 1. The normalized spacial score (nSPS) is 13.9. The molecule has 0 aromatic heterocycles. The first-order valence-electron chi connectivity index (χ1n) is 4.54. The molecule has 0 saturated carbocycles. The average molecular weight is 256 g/mol. The average Bonchev–Trinajstić information content (AvgIpc) is 2.16. The second kappa shape index (κ2) is 5.01. The summed E-state index contributed by atoms with van der Waals surface area (Å²) in [7, 11) is 0. The van der Waals surface area contributed by atoms with Crippen molar-refractivity contribution in [1.82, 2.24) is 0 Å². The molecule has 0 aliphatic carbocycles. The van der Waals surface area contributed by atoms with Gasteiger partial charge in [-0.1, -0.05) is 11.6 Å². The first-order valence-corrected chi connectivity index (χ1v) is 4.91. The highest BCUT2D eigenvalue weighted by atomic mass is 35.5. The highest BCUT2D eigenvalue weighted by Gasteiger charge is 2.31. The van der Waals surface area contributed by atoms with Crippen molar-refractivity contribution in [3.05, 3.63) is 34.3 Å². The van der Waals surface area contributed by atoms with Crippen molar-refractivity contribution < 1.29 is 17.6 Å². The van der Waals surface area contributed by atoms with Gasteiger partial charge >= 0.3 is 6.18 Å². The zero-order chi connectivity index (χ0) is 12.3. The van der Waals surface area contributed by atoms with Gasteiger partial charge in [-0.3, -0.25) is 4.39 Å². The molecule has 0 aliphatic heterocycles. The summed E-state index contributed by atoms with van der Waals surface area (Å²) in [6.07, 6.45) is -4.51. The van der Waals surface area contributed by atoms with E-state index in [1.165, 1.54) is 6.07 Å². The van der Waals surface area contributed by atoms with Crippen LogP contribution >= 0.6 is 11.6 Å². The number of rotatable bonds is 3. The van der Waals surface area contributed by atoms with Crippen LogP contribution < -0.4 is 5.73 Å². The summed E-state index contributed by atoms with van der Waals surface area (Å²) in [6, 6.07) is 2.25. The third-order valence-electron chi connectivity index (χ3n) is 2.10. The van der Waals surface area contributed by atoms with Crippen LogP contribution in [0.1, 0.15) is 23.6 Å². The Morgan fingerprint density at radius 2 is 1.88 bits per heavy atom. The molecule has 1 atom stereocenters. The van der Waals surface area contributed by atoms with Gasteiger partial charge in [-0.25, -0.2) is 0 Å². The summed E-state index contributed by atoms with van der Waals surface area (Å²) in [6.45, 7) is -0.685. The van der Waals surface area contributed by atoms with Crippen LogP contribution in [0.2, 0.25) is 5.02 Å². The van der Waals surface area contributed by atoms with Crippen LogP contribution in [0.4, 0.5) is 17.6 Å². The van der Waals surface area contributed by atoms with Gasteiger partial charge in [-0.15, -0.1) is 0 Å². The van der Waals surface area contributed by atoms with E-state index in [2.05, 4.69) is 0 Å². The number of halogens is 5. The third-order valence-corrected chi connectivity index (χ3v) is 2.31. The number of alkyl halides is 4. The minimum Gasteiger partial charge on any atom is -0.324 e. The Morgan fingerprint density at radius 3 is 2.38 bits per heavy atom. The van der Waals surface area contributed by atoms with E-state index in [1.807, 2.05) is 0 Å². The molecule has 0 saturated heterocycles. The molecule has 0 fully saturated rings. The van der Waals surface area contributed by atoms with Gasteiger partial charge in [0.15, 0.2) is 0 Å². The molecule has 2 N–H and O–H groups in total. The summed E-state index contributed by atoms with van der Waals surface area (Å²) in [4.78, 5) is 0. The Balaban J connectivity index is 3.08. The Morgan fingerprint density at radius 1 is 1.25 bits per heavy atom. The number of hydrogen-bond donors (Lipinski definition) is 1. The predicted molar refractivity (Wildman–Crippen MR) is 54.0 cm³/mol. The van der Waals surface area contributed by atoms with Crippen LogP contribution in [0, 0.1) is 0 Å². The zero-order valence-corrected chi connectivity index (χ0v) is 8.95.